The zero-order valence-electron chi connectivity index (χ0n) is 23.6. The maximum atomic E-state index is 6.05. The fraction of sp³-hybridized carbons (Fsp3) is 0.469. The molecule has 0 spiro atoms. The lowest BCUT2D eigenvalue weighted by Crippen LogP contribution is -2.43. The van der Waals surface area contributed by atoms with Gasteiger partial charge in [-0.2, -0.15) is 4.98 Å². The van der Waals surface area contributed by atoms with Crippen molar-refractivity contribution in [3.8, 4) is 5.88 Å². The van der Waals surface area contributed by atoms with Gasteiger partial charge in [-0.1, -0.05) is 73.9 Å². The van der Waals surface area contributed by atoms with E-state index in [0.29, 0.717) is 23.3 Å². The van der Waals surface area contributed by atoms with Crippen molar-refractivity contribution in [1.82, 2.24) is 19.8 Å². The van der Waals surface area contributed by atoms with Gasteiger partial charge < -0.3 is 15.4 Å². The van der Waals surface area contributed by atoms with Crippen LogP contribution in [0.2, 0.25) is 0 Å². The summed E-state index contributed by atoms with van der Waals surface area (Å²) in [5.41, 5.74) is 10.7. The predicted molar refractivity (Wildman–Crippen MR) is 159 cm³/mol. The second-order valence-corrected chi connectivity index (χ2v) is 11.5. The Morgan fingerprint density at radius 1 is 0.897 bits per heavy atom. The predicted octanol–water partition coefficient (Wildman–Crippen LogP) is 5.83. The number of nitrogens with two attached hydrogens (primary N) is 1. The molecular formula is C32H42N6O. The summed E-state index contributed by atoms with van der Waals surface area (Å²) in [6.45, 7) is 9.91. The SMILES string of the molecule is CC1(C)Oc2ncnc(N)c2N=C1c1ccc(C2CCCCC2)cc1.CN1CCN(Cc2ccccc2)CC1. The quantitative estimate of drug-likeness (QED) is 0.461. The molecule has 3 heterocycles. The van der Waals surface area contributed by atoms with Crippen LogP contribution in [0.25, 0.3) is 0 Å². The van der Waals surface area contributed by atoms with Gasteiger partial charge in [-0.15, -0.1) is 0 Å². The smallest absolute Gasteiger partial charge is 0.246 e. The molecule has 7 nitrogen and oxygen atoms in total. The topological polar surface area (TPSA) is 79.9 Å². The average Bonchev–Trinajstić information content (AvgIpc) is 2.95. The van der Waals surface area contributed by atoms with Crippen molar-refractivity contribution >= 4 is 17.2 Å². The lowest BCUT2D eigenvalue weighted by Gasteiger charge is -2.32. The molecule has 2 aromatic carbocycles. The molecule has 6 rings (SSSR count). The number of fused-ring (bicyclic) bond motifs is 1. The van der Waals surface area contributed by atoms with Gasteiger partial charge >= 0.3 is 0 Å². The highest BCUT2D eigenvalue weighted by molar-refractivity contribution is 6.09. The van der Waals surface area contributed by atoms with Crippen molar-refractivity contribution in [2.75, 3.05) is 39.0 Å². The highest BCUT2D eigenvalue weighted by Crippen LogP contribution is 2.39. The van der Waals surface area contributed by atoms with Gasteiger partial charge in [0.1, 0.15) is 11.9 Å². The summed E-state index contributed by atoms with van der Waals surface area (Å²) >= 11 is 0. The van der Waals surface area contributed by atoms with E-state index in [1.54, 1.807) is 0 Å². The van der Waals surface area contributed by atoms with Gasteiger partial charge in [0, 0.05) is 38.3 Å². The van der Waals surface area contributed by atoms with Crippen LogP contribution in [-0.4, -0.2) is 64.3 Å². The van der Waals surface area contributed by atoms with Gasteiger partial charge in [0.2, 0.25) is 5.88 Å². The maximum Gasteiger partial charge on any atom is 0.246 e. The summed E-state index contributed by atoms with van der Waals surface area (Å²) in [5, 5.41) is 0. The zero-order valence-corrected chi connectivity index (χ0v) is 23.6. The van der Waals surface area contributed by atoms with Gasteiger partial charge in [0.15, 0.2) is 11.5 Å². The fourth-order valence-corrected chi connectivity index (χ4v) is 5.70. The highest BCUT2D eigenvalue weighted by atomic mass is 16.5. The minimum Gasteiger partial charge on any atom is -0.463 e. The molecule has 0 atom stereocenters. The normalized spacial score (nSPS) is 19.7. The Morgan fingerprint density at radius 3 is 2.28 bits per heavy atom. The molecule has 0 amide bonds. The van der Waals surface area contributed by atoms with Gasteiger partial charge in [-0.25, -0.2) is 9.98 Å². The van der Waals surface area contributed by atoms with Crippen LogP contribution in [0, 0.1) is 0 Å². The van der Waals surface area contributed by atoms with Gasteiger partial charge in [0.05, 0.1) is 5.71 Å². The number of piperazine rings is 1. The summed E-state index contributed by atoms with van der Waals surface area (Å²) in [6.07, 6.45) is 8.07. The van der Waals surface area contributed by atoms with Crippen molar-refractivity contribution in [3.05, 3.63) is 77.6 Å². The van der Waals surface area contributed by atoms with Crippen molar-refractivity contribution in [3.63, 3.8) is 0 Å². The molecule has 1 aromatic heterocycles. The van der Waals surface area contributed by atoms with E-state index in [9.17, 15) is 0 Å². The first-order valence-corrected chi connectivity index (χ1v) is 14.3. The minimum atomic E-state index is -0.569. The molecule has 206 valence electrons. The van der Waals surface area contributed by atoms with Crippen LogP contribution >= 0.6 is 0 Å². The number of hydrogen-bond donors (Lipinski definition) is 1. The number of hydrogen-bond acceptors (Lipinski definition) is 7. The Hall–Kier alpha value is -3.29. The first-order valence-electron chi connectivity index (χ1n) is 14.3. The molecule has 2 fully saturated rings. The fourth-order valence-electron chi connectivity index (χ4n) is 5.70. The monoisotopic (exact) mass is 526 g/mol. The van der Waals surface area contributed by atoms with E-state index in [4.69, 9.17) is 15.5 Å². The van der Waals surface area contributed by atoms with Crippen molar-refractivity contribution in [2.24, 2.45) is 4.99 Å². The second kappa shape index (κ2) is 12.3. The number of nitrogens with zero attached hydrogens (tertiary/aromatic N) is 5. The zero-order chi connectivity index (χ0) is 27.2. The largest absolute Gasteiger partial charge is 0.463 e. The van der Waals surface area contributed by atoms with Gasteiger partial charge in [0.25, 0.3) is 0 Å². The number of nitrogen functional groups attached to an aromatic ring is 1. The Labute approximate surface area is 233 Å². The first-order chi connectivity index (χ1) is 18.9. The summed E-state index contributed by atoms with van der Waals surface area (Å²) in [6, 6.07) is 19.5. The molecule has 3 aromatic rings. The number of rotatable bonds is 4. The Morgan fingerprint density at radius 2 is 1.59 bits per heavy atom. The Kier molecular flexibility index (Phi) is 8.58. The lowest BCUT2D eigenvalue weighted by molar-refractivity contribution is 0.148. The number of anilines is 1. The third kappa shape index (κ3) is 6.84. The summed E-state index contributed by atoms with van der Waals surface area (Å²) in [4.78, 5) is 17.8. The van der Waals surface area contributed by atoms with Gasteiger partial charge in [-0.3, -0.25) is 4.90 Å². The molecule has 1 aliphatic carbocycles. The van der Waals surface area contributed by atoms with Crippen LogP contribution in [0.3, 0.4) is 0 Å². The van der Waals surface area contributed by atoms with E-state index in [1.165, 1.54) is 75.7 Å². The lowest BCUT2D eigenvalue weighted by atomic mass is 9.83. The van der Waals surface area contributed by atoms with Crippen molar-refractivity contribution < 1.29 is 4.74 Å². The van der Waals surface area contributed by atoms with E-state index in [2.05, 4.69) is 81.4 Å². The Balaban J connectivity index is 0.000000186. The van der Waals surface area contributed by atoms with Gasteiger partial charge in [-0.05, 0) is 50.8 Å². The maximum absolute atomic E-state index is 6.05. The molecule has 39 heavy (non-hydrogen) atoms. The van der Waals surface area contributed by atoms with Crippen LogP contribution in [-0.2, 0) is 6.54 Å². The molecular weight excluding hydrogens is 484 g/mol. The number of aromatic nitrogens is 2. The van der Waals surface area contributed by atoms with E-state index in [1.807, 2.05) is 13.8 Å². The van der Waals surface area contributed by atoms with Crippen molar-refractivity contribution in [1.29, 1.82) is 0 Å². The average molecular weight is 527 g/mol. The third-order valence-corrected chi connectivity index (χ3v) is 8.07. The van der Waals surface area contributed by atoms with Crippen LogP contribution in [0.4, 0.5) is 11.5 Å². The van der Waals surface area contributed by atoms with E-state index < -0.39 is 5.60 Å². The summed E-state index contributed by atoms with van der Waals surface area (Å²) < 4.78 is 6.05. The number of ether oxygens (including phenoxy) is 1. The molecule has 0 radical (unpaired) electrons. The standard InChI is InChI=1S/C20H24N4O.C12H18N2/c1-20(2)17(24-16-18(21)22-12-23-19(16)25-20)15-10-8-14(9-11-15)13-6-4-3-5-7-13;1-13-7-9-14(10-8-13)11-12-5-3-2-4-6-12/h8-13H,3-7H2,1-2H3,(H2,21,22,23);2-6H,7-11H2,1H3. The van der Waals surface area contributed by atoms with Crippen LogP contribution in [0.15, 0.2) is 65.9 Å². The molecule has 2 N–H and O–H groups in total. The van der Waals surface area contributed by atoms with Crippen molar-refractivity contribution in [2.45, 2.75) is 64.0 Å². The molecule has 1 saturated heterocycles. The molecule has 1 saturated carbocycles. The Bertz CT molecular complexity index is 1240. The molecule has 3 aliphatic rings. The van der Waals surface area contributed by atoms with E-state index in [0.717, 1.165) is 17.8 Å². The second-order valence-electron chi connectivity index (χ2n) is 11.5. The van der Waals surface area contributed by atoms with Crippen LogP contribution in [0.1, 0.15) is 68.6 Å². The number of benzene rings is 2. The van der Waals surface area contributed by atoms with Crippen LogP contribution < -0.4 is 10.5 Å². The van der Waals surface area contributed by atoms with E-state index in [-0.39, 0.29) is 0 Å². The number of aliphatic imine (C=N–C) groups is 1. The summed E-state index contributed by atoms with van der Waals surface area (Å²) in [5.74, 6) is 1.49. The number of likely N-dealkylation sites (N-methyl/N-ethyl adjacent to an activating group) is 1. The summed E-state index contributed by atoms with van der Waals surface area (Å²) in [7, 11) is 2.19. The molecule has 7 heteroatoms. The molecule has 0 unspecified atom stereocenters. The third-order valence-electron chi connectivity index (χ3n) is 8.07. The highest BCUT2D eigenvalue weighted by Gasteiger charge is 2.35. The minimum absolute atomic E-state index is 0.344. The van der Waals surface area contributed by atoms with E-state index >= 15 is 0 Å². The molecule has 0 bridgehead atoms. The first kappa shape index (κ1) is 27.3. The van der Waals surface area contributed by atoms with Crippen LogP contribution in [0.5, 0.6) is 5.88 Å². The molecule has 2 aliphatic heterocycles.